The third-order valence-corrected chi connectivity index (χ3v) is 5.92. The first kappa shape index (κ1) is 18.8. The number of fused-ring (bicyclic) bond motifs is 1. The van der Waals surface area contributed by atoms with Crippen LogP contribution in [0.25, 0.3) is 10.2 Å². The Kier molecular flexibility index (Phi) is 5.61. The number of rotatable bonds is 5. The van der Waals surface area contributed by atoms with Gasteiger partial charge in [-0.25, -0.2) is 4.98 Å². The SMILES string of the molecule is Cc1cc(C)c(NC(=O)CN(C)[C@H](C)c2nc3ccccc3s2)c(Cl)c1. The van der Waals surface area contributed by atoms with E-state index in [9.17, 15) is 4.79 Å². The number of benzene rings is 2. The summed E-state index contributed by atoms with van der Waals surface area (Å²) in [4.78, 5) is 19.2. The van der Waals surface area contributed by atoms with Gasteiger partial charge in [0.25, 0.3) is 0 Å². The van der Waals surface area contributed by atoms with Gasteiger partial charge in [0.1, 0.15) is 5.01 Å². The minimum atomic E-state index is -0.0886. The van der Waals surface area contributed by atoms with Crippen LogP contribution in [0.4, 0.5) is 5.69 Å². The molecule has 0 unspecified atom stereocenters. The predicted octanol–water partition coefficient (Wildman–Crippen LogP) is 5.20. The maximum atomic E-state index is 12.5. The van der Waals surface area contributed by atoms with E-state index < -0.39 is 0 Å². The lowest BCUT2D eigenvalue weighted by Gasteiger charge is -2.22. The van der Waals surface area contributed by atoms with Gasteiger partial charge in [-0.2, -0.15) is 0 Å². The van der Waals surface area contributed by atoms with Crippen LogP contribution in [0.2, 0.25) is 5.02 Å². The topological polar surface area (TPSA) is 45.2 Å². The van der Waals surface area contributed by atoms with E-state index in [0.29, 0.717) is 10.7 Å². The zero-order chi connectivity index (χ0) is 18.8. The average Bonchev–Trinajstić information content (AvgIpc) is 3.01. The molecule has 136 valence electrons. The molecule has 1 N–H and O–H groups in total. The number of carbonyl (C=O) groups is 1. The molecule has 3 rings (SSSR count). The summed E-state index contributed by atoms with van der Waals surface area (Å²) in [6, 6.07) is 12.0. The van der Waals surface area contributed by atoms with E-state index in [4.69, 9.17) is 11.6 Å². The minimum absolute atomic E-state index is 0.0488. The van der Waals surface area contributed by atoms with Crippen LogP contribution < -0.4 is 5.32 Å². The summed E-state index contributed by atoms with van der Waals surface area (Å²) in [5.74, 6) is -0.0886. The minimum Gasteiger partial charge on any atom is -0.323 e. The largest absolute Gasteiger partial charge is 0.323 e. The first-order valence-corrected chi connectivity index (χ1v) is 9.67. The van der Waals surface area contributed by atoms with Gasteiger partial charge in [-0.05, 0) is 57.1 Å². The molecule has 0 radical (unpaired) electrons. The molecule has 3 aromatic rings. The van der Waals surface area contributed by atoms with Crippen molar-refractivity contribution in [1.29, 1.82) is 0 Å². The van der Waals surface area contributed by atoms with Crippen molar-refractivity contribution in [3.63, 3.8) is 0 Å². The van der Waals surface area contributed by atoms with E-state index in [2.05, 4.69) is 23.3 Å². The van der Waals surface area contributed by atoms with Gasteiger partial charge in [0.2, 0.25) is 5.91 Å². The van der Waals surface area contributed by atoms with Crippen molar-refractivity contribution in [2.24, 2.45) is 0 Å². The number of thiazole rings is 1. The van der Waals surface area contributed by atoms with Crippen molar-refractivity contribution >= 4 is 44.7 Å². The van der Waals surface area contributed by atoms with Gasteiger partial charge in [0.05, 0.1) is 33.5 Å². The lowest BCUT2D eigenvalue weighted by atomic mass is 10.1. The Morgan fingerprint density at radius 3 is 2.73 bits per heavy atom. The molecule has 6 heteroatoms. The monoisotopic (exact) mass is 387 g/mol. The molecule has 1 heterocycles. The molecule has 1 atom stereocenters. The average molecular weight is 388 g/mol. The Balaban J connectivity index is 1.69. The summed E-state index contributed by atoms with van der Waals surface area (Å²) in [6.45, 7) is 6.26. The standard InChI is InChI=1S/C20H22ClN3OS/c1-12-9-13(2)19(15(21)10-12)23-18(25)11-24(4)14(3)20-22-16-7-5-6-8-17(16)26-20/h5-10,14H,11H2,1-4H3,(H,23,25)/t14-/m1/s1. The number of nitrogens with one attached hydrogen (secondary N) is 1. The highest BCUT2D eigenvalue weighted by atomic mass is 35.5. The summed E-state index contributed by atoms with van der Waals surface area (Å²) in [6.07, 6.45) is 0. The van der Waals surface area contributed by atoms with E-state index >= 15 is 0 Å². The van der Waals surface area contributed by atoms with Crippen LogP contribution in [0.15, 0.2) is 36.4 Å². The van der Waals surface area contributed by atoms with Crippen molar-refractivity contribution in [1.82, 2.24) is 9.88 Å². The van der Waals surface area contributed by atoms with Crippen LogP contribution in [0.1, 0.15) is 29.1 Å². The number of nitrogens with zero attached hydrogens (tertiary/aromatic N) is 2. The Hall–Kier alpha value is -1.95. The lowest BCUT2D eigenvalue weighted by molar-refractivity contribution is -0.117. The number of anilines is 1. The normalized spacial score (nSPS) is 12.5. The second-order valence-electron chi connectivity index (χ2n) is 6.60. The number of halogens is 1. The molecule has 0 saturated heterocycles. The molecule has 0 spiro atoms. The fourth-order valence-corrected chi connectivity index (χ4v) is 4.33. The van der Waals surface area contributed by atoms with Crippen LogP contribution in [0, 0.1) is 13.8 Å². The number of likely N-dealkylation sites (N-methyl/N-ethyl adjacent to an activating group) is 1. The third-order valence-electron chi connectivity index (χ3n) is 4.42. The maximum Gasteiger partial charge on any atom is 0.238 e. The molecule has 0 aliphatic rings. The Morgan fingerprint density at radius 1 is 1.31 bits per heavy atom. The quantitative estimate of drug-likeness (QED) is 0.654. The summed E-state index contributed by atoms with van der Waals surface area (Å²) >= 11 is 7.95. The number of para-hydroxylation sites is 1. The number of amides is 1. The van der Waals surface area contributed by atoms with Gasteiger partial charge in [-0.1, -0.05) is 29.8 Å². The van der Waals surface area contributed by atoms with Crippen LogP contribution in [-0.4, -0.2) is 29.4 Å². The summed E-state index contributed by atoms with van der Waals surface area (Å²) in [5.41, 5.74) is 3.72. The van der Waals surface area contributed by atoms with E-state index in [1.807, 2.05) is 56.1 Å². The van der Waals surface area contributed by atoms with E-state index in [1.54, 1.807) is 11.3 Å². The van der Waals surface area contributed by atoms with Gasteiger partial charge in [-0.3, -0.25) is 9.69 Å². The Bertz CT molecular complexity index is 897. The van der Waals surface area contributed by atoms with Gasteiger partial charge >= 0.3 is 0 Å². The molecule has 4 nitrogen and oxygen atoms in total. The van der Waals surface area contributed by atoms with Crippen LogP contribution in [-0.2, 0) is 4.79 Å². The third kappa shape index (κ3) is 4.06. The van der Waals surface area contributed by atoms with Gasteiger partial charge in [-0.15, -0.1) is 11.3 Å². The predicted molar refractivity (Wildman–Crippen MR) is 110 cm³/mol. The molecule has 0 saturated carbocycles. The lowest BCUT2D eigenvalue weighted by Crippen LogP contribution is -2.32. The highest BCUT2D eigenvalue weighted by molar-refractivity contribution is 7.18. The van der Waals surface area contributed by atoms with Crippen molar-refractivity contribution in [2.45, 2.75) is 26.8 Å². The smallest absolute Gasteiger partial charge is 0.238 e. The molecule has 0 aliphatic carbocycles. The number of aryl methyl sites for hydroxylation is 2. The summed E-state index contributed by atoms with van der Waals surface area (Å²) in [7, 11) is 1.93. The second kappa shape index (κ2) is 7.74. The first-order chi connectivity index (χ1) is 12.3. The van der Waals surface area contributed by atoms with Crippen molar-refractivity contribution in [3.8, 4) is 0 Å². The highest BCUT2D eigenvalue weighted by Gasteiger charge is 2.19. The number of carbonyl (C=O) groups excluding carboxylic acids is 1. The second-order valence-corrected chi connectivity index (χ2v) is 8.07. The van der Waals surface area contributed by atoms with E-state index in [1.165, 1.54) is 0 Å². The van der Waals surface area contributed by atoms with Gasteiger partial charge < -0.3 is 5.32 Å². The zero-order valence-electron chi connectivity index (χ0n) is 15.3. The Morgan fingerprint density at radius 2 is 2.04 bits per heavy atom. The molecule has 0 aliphatic heterocycles. The van der Waals surface area contributed by atoms with Crippen LogP contribution >= 0.6 is 22.9 Å². The molecule has 0 bridgehead atoms. The van der Waals surface area contributed by atoms with Gasteiger partial charge in [0.15, 0.2) is 0 Å². The molecular formula is C20H22ClN3OS. The number of hydrogen-bond donors (Lipinski definition) is 1. The molecular weight excluding hydrogens is 366 g/mol. The van der Waals surface area contributed by atoms with E-state index in [0.717, 1.165) is 26.4 Å². The summed E-state index contributed by atoms with van der Waals surface area (Å²) < 4.78 is 1.16. The molecule has 2 aromatic carbocycles. The van der Waals surface area contributed by atoms with Crippen molar-refractivity contribution in [3.05, 3.63) is 57.6 Å². The fourth-order valence-electron chi connectivity index (χ4n) is 2.87. The zero-order valence-corrected chi connectivity index (χ0v) is 16.9. The fraction of sp³-hybridized carbons (Fsp3) is 0.300. The maximum absolute atomic E-state index is 12.5. The van der Waals surface area contributed by atoms with Crippen molar-refractivity contribution in [2.75, 3.05) is 18.9 Å². The van der Waals surface area contributed by atoms with Crippen molar-refractivity contribution < 1.29 is 4.79 Å². The molecule has 1 amide bonds. The van der Waals surface area contributed by atoms with Crippen LogP contribution in [0.5, 0.6) is 0 Å². The number of hydrogen-bond acceptors (Lipinski definition) is 4. The van der Waals surface area contributed by atoms with Gasteiger partial charge in [0, 0.05) is 0 Å². The summed E-state index contributed by atoms with van der Waals surface area (Å²) in [5, 5.41) is 4.51. The molecule has 26 heavy (non-hydrogen) atoms. The highest BCUT2D eigenvalue weighted by Crippen LogP contribution is 2.29. The van der Waals surface area contributed by atoms with E-state index in [-0.39, 0.29) is 18.5 Å². The molecule has 0 fully saturated rings. The molecule has 1 aromatic heterocycles. The Labute approximate surface area is 162 Å². The van der Waals surface area contributed by atoms with Crippen LogP contribution in [0.3, 0.4) is 0 Å². The first-order valence-electron chi connectivity index (χ1n) is 8.47. The number of aromatic nitrogens is 1.